The average molecular weight is 426 g/mol. The van der Waals surface area contributed by atoms with Gasteiger partial charge in [-0.15, -0.1) is 0 Å². The lowest BCUT2D eigenvalue weighted by atomic mass is 9.76. The summed E-state index contributed by atoms with van der Waals surface area (Å²) in [5.41, 5.74) is 2.42. The summed E-state index contributed by atoms with van der Waals surface area (Å²) in [6, 6.07) is 3.90. The summed E-state index contributed by atoms with van der Waals surface area (Å²) in [5.74, 6) is 0.535. The molecule has 0 bridgehead atoms. The number of esters is 1. The Labute approximate surface area is 182 Å². The number of hydrogen-bond acceptors (Lipinski definition) is 5. The number of aromatic nitrogens is 3. The number of nitrogens with one attached hydrogen (secondary N) is 2. The van der Waals surface area contributed by atoms with Gasteiger partial charge in [0.25, 0.3) is 5.91 Å². The summed E-state index contributed by atoms with van der Waals surface area (Å²) < 4.78 is 5.84. The molecule has 5 heterocycles. The molecular formula is C23H31N5O3. The lowest BCUT2D eigenvalue weighted by molar-refractivity contribution is -0.151. The molecule has 3 fully saturated rings. The molecule has 2 aromatic heterocycles. The van der Waals surface area contributed by atoms with E-state index in [0.717, 1.165) is 50.2 Å². The van der Waals surface area contributed by atoms with Crippen molar-refractivity contribution >= 4 is 11.9 Å². The molecule has 31 heavy (non-hydrogen) atoms. The van der Waals surface area contributed by atoms with Crippen LogP contribution in [0.5, 0.6) is 0 Å². The number of cyclic esters (lactones) is 1. The second-order valence-electron chi connectivity index (χ2n) is 9.41. The van der Waals surface area contributed by atoms with Crippen LogP contribution in [0, 0.1) is 12.3 Å². The highest BCUT2D eigenvalue weighted by Gasteiger charge is 2.51. The molecular weight excluding hydrogens is 394 g/mol. The fraction of sp³-hybridized carbons (Fsp3) is 0.609. The van der Waals surface area contributed by atoms with Crippen molar-refractivity contribution in [2.75, 3.05) is 32.7 Å². The minimum absolute atomic E-state index is 0.0367. The maximum Gasteiger partial charge on any atom is 0.312 e. The first-order valence-corrected chi connectivity index (χ1v) is 11.4. The normalized spacial score (nSPS) is 24.6. The molecule has 2 aromatic rings. The lowest BCUT2D eigenvalue weighted by Crippen LogP contribution is -2.45. The monoisotopic (exact) mass is 425 g/mol. The van der Waals surface area contributed by atoms with Crippen LogP contribution >= 0.6 is 0 Å². The van der Waals surface area contributed by atoms with E-state index < -0.39 is 5.41 Å². The van der Waals surface area contributed by atoms with E-state index in [4.69, 9.17) is 4.74 Å². The molecule has 0 aromatic carbocycles. The SMILES string of the molecule is Cc1[nH]ccc1C(=O)N1CCC2(CC1)CC(CN1CCC(c3ccn[nH]3)CC1)OC2=O. The van der Waals surface area contributed by atoms with Crippen LogP contribution in [-0.2, 0) is 9.53 Å². The first-order chi connectivity index (χ1) is 15.0. The number of nitrogens with zero attached hydrogens (tertiary/aromatic N) is 3. The van der Waals surface area contributed by atoms with E-state index in [2.05, 4.69) is 26.1 Å². The van der Waals surface area contributed by atoms with Crippen LogP contribution < -0.4 is 0 Å². The minimum Gasteiger partial charge on any atom is -0.461 e. The van der Waals surface area contributed by atoms with Crippen LogP contribution in [0.1, 0.15) is 59.8 Å². The number of carbonyl (C=O) groups excluding carboxylic acids is 2. The van der Waals surface area contributed by atoms with Gasteiger partial charge in [-0.1, -0.05) is 0 Å². The first-order valence-electron chi connectivity index (χ1n) is 11.4. The van der Waals surface area contributed by atoms with Crippen LogP contribution in [0.15, 0.2) is 24.5 Å². The van der Waals surface area contributed by atoms with Crippen LogP contribution in [0.25, 0.3) is 0 Å². The number of hydrogen-bond donors (Lipinski definition) is 2. The maximum atomic E-state index is 12.8. The summed E-state index contributed by atoms with van der Waals surface area (Å²) in [7, 11) is 0. The highest BCUT2D eigenvalue weighted by atomic mass is 16.6. The van der Waals surface area contributed by atoms with E-state index in [1.165, 1.54) is 5.69 Å². The first kappa shape index (κ1) is 20.3. The topological polar surface area (TPSA) is 94.3 Å². The zero-order valence-corrected chi connectivity index (χ0v) is 18.1. The zero-order valence-electron chi connectivity index (χ0n) is 18.1. The van der Waals surface area contributed by atoms with Gasteiger partial charge in [0, 0.05) is 55.8 Å². The molecule has 2 N–H and O–H groups in total. The minimum atomic E-state index is -0.414. The molecule has 0 radical (unpaired) electrons. The zero-order chi connectivity index (χ0) is 21.4. The van der Waals surface area contributed by atoms with Crippen LogP contribution in [-0.4, -0.2) is 75.7 Å². The summed E-state index contributed by atoms with van der Waals surface area (Å²) in [4.78, 5) is 33.0. The predicted octanol–water partition coefficient (Wildman–Crippen LogP) is 2.46. The third-order valence-electron chi connectivity index (χ3n) is 7.53. The highest BCUT2D eigenvalue weighted by molar-refractivity contribution is 5.95. The van der Waals surface area contributed by atoms with Gasteiger partial charge in [-0.2, -0.15) is 5.10 Å². The fourth-order valence-electron chi connectivity index (χ4n) is 5.55. The highest BCUT2D eigenvalue weighted by Crippen LogP contribution is 2.43. The fourth-order valence-corrected chi connectivity index (χ4v) is 5.55. The van der Waals surface area contributed by atoms with Gasteiger partial charge in [-0.3, -0.25) is 19.6 Å². The molecule has 166 valence electrons. The molecule has 3 aliphatic heterocycles. The largest absolute Gasteiger partial charge is 0.461 e. The Hall–Kier alpha value is -2.61. The Bertz CT molecular complexity index is 921. The second-order valence-corrected chi connectivity index (χ2v) is 9.41. The van der Waals surface area contributed by atoms with Crippen molar-refractivity contribution in [2.45, 2.75) is 51.0 Å². The van der Waals surface area contributed by atoms with Gasteiger partial charge in [0.2, 0.25) is 0 Å². The van der Waals surface area contributed by atoms with Crippen molar-refractivity contribution in [1.82, 2.24) is 25.0 Å². The second kappa shape index (κ2) is 8.15. The quantitative estimate of drug-likeness (QED) is 0.734. The number of amides is 1. The van der Waals surface area contributed by atoms with Gasteiger partial charge < -0.3 is 14.6 Å². The smallest absolute Gasteiger partial charge is 0.312 e. The van der Waals surface area contributed by atoms with E-state index in [9.17, 15) is 9.59 Å². The number of H-pyrrole nitrogens is 2. The molecule has 1 atom stereocenters. The Kier molecular flexibility index (Phi) is 5.33. The molecule has 8 nitrogen and oxygen atoms in total. The van der Waals surface area contributed by atoms with Gasteiger partial charge in [-0.05, 0) is 57.8 Å². The molecule has 8 heteroatoms. The number of likely N-dealkylation sites (tertiary alicyclic amines) is 2. The van der Waals surface area contributed by atoms with Crippen LogP contribution in [0.2, 0.25) is 0 Å². The molecule has 1 unspecified atom stereocenters. The summed E-state index contributed by atoms with van der Waals surface area (Å²) in [6.45, 7) is 5.98. The molecule has 3 saturated heterocycles. The van der Waals surface area contributed by atoms with E-state index in [1.807, 2.05) is 24.1 Å². The average Bonchev–Trinajstić information content (AvgIpc) is 3.51. The van der Waals surface area contributed by atoms with Gasteiger partial charge >= 0.3 is 5.97 Å². The van der Waals surface area contributed by atoms with Crippen molar-refractivity contribution in [3.8, 4) is 0 Å². The van der Waals surface area contributed by atoms with Crippen molar-refractivity contribution in [3.05, 3.63) is 41.5 Å². The summed E-state index contributed by atoms with van der Waals surface area (Å²) >= 11 is 0. The molecule has 5 rings (SSSR count). The van der Waals surface area contributed by atoms with E-state index in [1.54, 1.807) is 6.20 Å². The van der Waals surface area contributed by atoms with Gasteiger partial charge in [0.15, 0.2) is 0 Å². The third-order valence-corrected chi connectivity index (χ3v) is 7.53. The standard InChI is InChI=1S/C23H31N5O3/c1-16-19(2-8-24-16)21(29)28-12-6-23(7-13-28)14-18(31-22(23)30)15-27-10-4-17(5-11-27)20-3-9-25-26-20/h2-3,8-9,17-18,24H,4-7,10-15H2,1H3,(H,25,26). The number of aromatic amines is 2. The summed E-state index contributed by atoms with van der Waals surface area (Å²) in [5, 5.41) is 7.16. The van der Waals surface area contributed by atoms with Crippen molar-refractivity contribution in [2.24, 2.45) is 5.41 Å². The Morgan fingerprint density at radius 2 is 2.00 bits per heavy atom. The molecule has 0 saturated carbocycles. The number of rotatable bonds is 4. The third kappa shape index (κ3) is 3.89. The van der Waals surface area contributed by atoms with Crippen LogP contribution in [0.3, 0.4) is 0 Å². The van der Waals surface area contributed by atoms with E-state index >= 15 is 0 Å². The van der Waals surface area contributed by atoms with Crippen LogP contribution in [0.4, 0.5) is 0 Å². The maximum absolute atomic E-state index is 12.8. The van der Waals surface area contributed by atoms with Crippen molar-refractivity contribution < 1.29 is 14.3 Å². The van der Waals surface area contributed by atoms with E-state index in [-0.39, 0.29) is 18.0 Å². The molecule has 0 aliphatic carbocycles. The Morgan fingerprint density at radius 3 is 2.65 bits per heavy atom. The van der Waals surface area contributed by atoms with Crippen molar-refractivity contribution in [3.63, 3.8) is 0 Å². The van der Waals surface area contributed by atoms with Gasteiger partial charge in [0.05, 0.1) is 11.0 Å². The lowest BCUT2D eigenvalue weighted by Gasteiger charge is -2.36. The molecule has 1 spiro atoms. The number of carbonyl (C=O) groups is 2. The number of aryl methyl sites for hydroxylation is 1. The summed E-state index contributed by atoms with van der Waals surface area (Å²) in [6.07, 6.45) is 7.94. The molecule has 1 amide bonds. The number of piperidine rings is 2. The molecule has 3 aliphatic rings. The van der Waals surface area contributed by atoms with Gasteiger partial charge in [-0.25, -0.2) is 0 Å². The van der Waals surface area contributed by atoms with E-state index in [0.29, 0.717) is 31.8 Å². The van der Waals surface area contributed by atoms with Crippen molar-refractivity contribution in [1.29, 1.82) is 0 Å². The Morgan fingerprint density at radius 1 is 1.23 bits per heavy atom. The van der Waals surface area contributed by atoms with Gasteiger partial charge in [0.1, 0.15) is 6.10 Å². The Balaban J connectivity index is 1.13. The number of ether oxygens (including phenoxy) is 1. The predicted molar refractivity (Wildman–Crippen MR) is 115 cm³/mol.